The third-order valence-electron chi connectivity index (χ3n) is 3.47. The number of nitro benzene ring substituents is 1. The van der Waals surface area contributed by atoms with Crippen LogP contribution < -0.4 is 14.2 Å². The van der Waals surface area contributed by atoms with Gasteiger partial charge < -0.3 is 14.2 Å². The molecule has 2 rings (SSSR count). The van der Waals surface area contributed by atoms with Gasteiger partial charge in [0.1, 0.15) is 11.3 Å². The first-order valence-corrected chi connectivity index (χ1v) is 7.69. The molecule has 136 valence electrons. The SMILES string of the molecule is CCOc1cc([N+](=O)[O-])c(C(=O)Oc2ccc(C(C)=O)cc2)cc1OC. The van der Waals surface area contributed by atoms with Crippen LogP contribution in [0.4, 0.5) is 5.69 Å². The van der Waals surface area contributed by atoms with Gasteiger partial charge in [0.2, 0.25) is 0 Å². The summed E-state index contributed by atoms with van der Waals surface area (Å²) in [6.45, 7) is 3.41. The molecule has 0 aliphatic rings. The number of carbonyl (C=O) groups excluding carboxylic acids is 2. The number of hydrogen-bond donors (Lipinski definition) is 0. The first-order valence-electron chi connectivity index (χ1n) is 7.69. The molecule has 8 nitrogen and oxygen atoms in total. The number of carbonyl (C=O) groups is 2. The van der Waals surface area contributed by atoms with Gasteiger partial charge in [0.05, 0.1) is 24.7 Å². The van der Waals surface area contributed by atoms with E-state index >= 15 is 0 Å². The van der Waals surface area contributed by atoms with Crippen LogP contribution in [0.2, 0.25) is 0 Å². The molecule has 0 unspecified atom stereocenters. The average molecular weight is 359 g/mol. The molecule has 0 fully saturated rings. The van der Waals surface area contributed by atoms with Crippen molar-refractivity contribution in [3.8, 4) is 17.2 Å². The Labute approximate surface area is 149 Å². The normalized spacial score (nSPS) is 10.1. The molecule has 0 heterocycles. The molecule has 0 saturated heterocycles. The summed E-state index contributed by atoms with van der Waals surface area (Å²) in [7, 11) is 1.36. The molecule has 2 aromatic rings. The molecule has 0 saturated carbocycles. The Hall–Kier alpha value is -3.42. The van der Waals surface area contributed by atoms with Crippen LogP contribution in [0.25, 0.3) is 0 Å². The average Bonchev–Trinajstić information content (AvgIpc) is 2.61. The lowest BCUT2D eigenvalue weighted by molar-refractivity contribution is -0.385. The zero-order chi connectivity index (χ0) is 19.3. The molecule has 0 aliphatic heterocycles. The fraction of sp³-hybridized carbons (Fsp3) is 0.222. The predicted molar refractivity (Wildman–Crippen MR) is 92.2 cm³/mol. The molecule has 0 atom stereocenters. The molecule has 0 spiro atoms. The van der Waals surface area contributed by atoms with E-state index in [-0.39, 0.29) is 35.2 Å². The van der Waals surface area contributed by atoms with E-state index in [4.69, 9.17) is 14.2 Å². The Morgan fingerprint density at radius 3 is 2.27 bits per heavy atom. The summed E-state index contributed by atoms with van der Waals surface area (Å²) in [5, 5.41) is 11.3. The second kappa shape index (κ2) is 8.11. The maximum Gasteiger partial charge on any atom is 0.350 e. The molecule has 0 bridgehead atoms. The summed E-state index contributed by atoms with van der Waals surface area (Å²) in [4.78, 5) is 34.3. The van der Waals surface area contributed by atoms with Gasteiger partial charge >= 0.3 is 5.97 Å². The van der Waals surface area contributed by atoms with E-state index in [0.29, 0.717) is 5.56 Å². The van der Waals surface area contributed by atoms with Crippen LogP contribution in [0.3, 0.4) is 0 Å². The van der Waals surface area contributed by atoms with Crippen LogP contribution in [0.15, 0.2) is 36.4 Å². The van der Waals surface area contributed by atoms with E-state index in [9.17, 15) is 19.7 Å². The van der Waals surface area contributed by atoms with Crippen molar-refractivity contribution in [2.45, 2.75) is 13.8 Å². The molecule has 0 radical (unpaired) electrons. The van der Waals surface area contributed by atoms with Gasteiger partial charge in [0.15, 0.2) is 17.3 Å². The number of rotatable bonds is 7. The number of benzene rings is 2. The van der Waals surface area contributed by atoms with Gasteiger partial charge in [-0.15, -0.1) is 0 Å². The third-order valence-corrected chi connectivity index (χ3v) is 3.47. The van der Waals surface area contributed by atoms with E-state index < -0.39 is 16.6 Å². The summed E-state index contributed by atoms with van der Waals surface area (Å²) in [6, 6.07) is 8.20. The van der Waals surface area contributed by atoms with Crippen molar-refractivity contribution in [3.63, 3.8) is 0 Å². The van der Waals surface area contributed by atoms with Gasteiger partial charge in [-0.2, -0.15) is 0 Å². The highest BCUT2D eigenvalue weighted by Gasteiger charge is 2.26. The molecule has 0 amide bonds. The lowest BCUT2D eigenvalue weighted by Crippen LogP contribution is -2.12. The van der Waals surface area contributed by atoms with Gasteiger partial charge in [-0.25, -0.2) is 4.79 Å². The van der Waals surface area contributed by atoms with Gasteiger partial charge in [0, 0.05) is 11.6 Å². The number of hydrogen-bond acceptors (Lipinski definition) is 7. The van der Waals surface area contributed by atoms with Crippen LogP contribution in [0, 0.1) is 10.1 Å². The van der Waals surface area contributed by atoms with E-state index in [0.717, 1.165) is 6.07 Å². The molecule has 0 N–H and O–H groups in total. The maximum atomic E-state index is 12.4. The first kappa shape index (κ1) is 18.9. The number of methoxy groups -OCH3 is 1. The van der Waals surface area contributed by atoms with Gasteiger partial charge in [-0.3, -0.25) is 14.9 Å². The zero-order valence-electron chi connectivity index (χ0n) is 14.5. The number of ether oxygens (including phenoxy) is 3. The first-order chi connectivity index (χ1) is 12.4. The Morgan fingerprint density at radius 1 is 1.12 bits per heavy atom. The molecular weight excluding hydrogens is 342 g/mol. The number of ketones is 1. The number of esters is 1. The predicted octanol–water partition coefficient (Wildman–Crippen LogP) is 3.42. The van der Waals surface area contributed by atoms with Crippen molar-refractivity contribution in [1.29, 1.82) is 0 Å². The highest BCUT2D eigenvalue weighted by Crippen LogP contribution is 2.35. The highest BCUT2D eigenvalue weighted by atomic mass is 16.6. The molecular formula is C18H17NO7. The van der Waals surface area contributed by atoms with Gasteiger partial charge in [-0.05, 0) is 38.1 Å². The Morgan fingerprint density at radius 2 is 1.77 bits per heavy atom. The smallest absolute Gasteiger partial charge is 0.350 e. The van der Waals surface area contributed by atoms with Crippen molar-refractivity contribution in [2.24, 2.45) is 0 Å². The number of nitro groups is 1. The second-order valence-corrected chi connectivity index (χ2v) is 5.18. The lowest BCUT2D eigenvalue weighted by atomic mass is 10.1. The number of nitrogens with zero attached hydrogens (tertiary/aromatic N) is 1. The Balaban J connectivity index is 2.37. The van der Waals surface area contributed by atoms with E-state index in [2.05, 4.69) is 0 Å². The van der Waals surface area contributed by atoms with Crippen LogP contribution in [0.1, 0.15) is 34.6 Å². The standard InChI is InChI=1S/C18H17NO7/c1-4-25-17-10-15(19(22)23)14(9-16(17)24-3)18(21)26-13-7-5-12(6-8-13)11(2)20/h5-10H,4H2,1-3H3. The summed E-state index contributed by atoms with van der Waals surface area (Å²) in [6.07, 6.45) is 0. The van der Waals surface area contributed by atoms with Crippen molar-refractivity contribution in [3.05, 3.63) is 57.6 Å². The minimum atomic E-state index is -0.923. The van der Waals surface area contributed by atoms with Crippen molar-refractivity contribution < 1.29 is 28.7 Å². The van der Waals surface area contributed by atoms with Crippen LogP contribution in [-0.2, 0) is 0 Å². The largest absolute Gasteiger partial charge is 0.493 e. The lowest BCUT2D eigenvalue weighted by Gasteiger charge is -2.11. The summed E-state index contributed by atoms with van der Waals surface area (Å²) in [5.41, 5.74) is -0.274. The summed E-state index contributed by atoms with van der Waals surface area (Å²) < 4.78 is 15.6. The van der Waals surface area contributed by atoms with Crippen LogP contribution in [0.5, 0.6) is 17.2 Å². The molecule has 26 heavy (non-hydrogen) atoms. The number of Topliss-reactive ketones (excluding diaryl/α,β-unsaturated/α-hetero) is 1. The molecule has 8 heteroatoms. The molecule has 0 aromatic heterocycles. The summed E-state index contributed by atoms with van der Waals surface area (Å²) in [5.74, 6) is -0.564. The molecule has 2 aromatic carbocycles. The maximum absolute atomic E-state index is 12.4. The van der Waals surface area contributed by atoms with E-state index in [1.807, 2.05) is 0 Å². The Bertz CT molecular complexity index is 843. The van der Waals surface area contributed by atoms with E-state index in [1.54, 1.807) is 6.92 Å². The zero-order valence-corrected chi connectivity index (χ0v) is 14.5. The Kier molecular flexibility index (Phi) is 5.90. The minimum absolute atomic E-state index is 0.130. The fourth-order valence-corrected chi connectivity index (χ4v) is 2.21. The monoisotopic (exact) mass is 359 g/mol. The van der Waals surface area contributed by atoms with Crippen LogP contribution >= 0.6 is 0 Å². The van der Waals surface area contributed by atoms with Gasteiger partial charge in [0.25, 0.3) is 5.69 Å². The topological polar surface area (TPSA) is 105 Å². The third kappa shape index (κ3) is 4.15. The fourth-order valence-electron chi connectivity index (χ4n) is 2.21. The second-order valence-electron chi connectivity index (χ2n) is 5.18. The van der Waals surface area contributed by atoms with Crippen molar-refractivity contribution in [2.75, 3.05) is 13.7 Å². The van der Waals surface area contributed by atoms with Crippen LogP contribution in [-0.4, -0.2) is 30.4 Å². The minimum Gasteiger partial charge on any atom is -0.493 e. The highest BCUT2D eigenvalue weighted by molar-refractivity contribution is 5.97. The van der Waals surface area contributed by atoms with Crippen molar-refractivity contribution >= 4 is 17.4 Å². The molecule has 0 aliphatic carbocycles. The van der Waals surface area contributed by atoms with E-state index in [1.165, 1.54) is 44.4 Å². The van der Waals surface area contributed by atoms with Crippen molar-refractivity contribution in [1.82, 2.24) is 0 Å². The van der Waals surface area contributed by atoms with Gasteiger partial charge in [-0.1, -0.05) is 0 Å². The summed E-state index contributed by atoms with van der Waals surface area (Å²) >= 11 is 0. The quantitative estimate of drug-likeness (QED) is 0.245.